The minimum absolute atomic E-state index is 0.184. The molecule has 4 nitrogen and oxygen atoms in total. The Labute approximate surface area is 107 Å². The third-order valence-corrected chi connectivity index (χ3v) is 3.94. The Balaban J connectivity index is 2.23. The molecule has 0 radical (unpaired) electrons. The van der Waals surface area contributed by atoms with E-state index in [1.54, 1.807) is 13.4 Å². The van der Waals surface area contributed by atoms with Gasteiger partial charge in [-0.2, -0.15) is 0 Å². The lowest BCUT2D eigenvalue weighted by atomic mass is 9.98. The van der Waals surface area contributed by atoms with Crippen molar-refractivity contribution in [1.29, 1.82) is 0 Å². The van der Waals surface area contributed by atoms with E-state index < -0.39 is 0 Å². The lowest BCUT2D eigenvalue weighted by molar-refractivity contribution is 0.392. The second-order valence-corrected chi connectivity index (χ2v) is 5.12. The first-order valence-corrected chi connectivity index (χ1v) is 6.31. The third kappa shape index (κ3) is 2.46. The standard InChI is InChI=1S/C12H18ClN3O/c1-8-4-5-16(6-10(8)13)11-9(2)12(17-3)15-7-14-11/h7-8,10H,4-6H2,1-3H3. The number of aromatic nitrogens is 2. The molecule has 17 heavy (non-hydrogen) atoms. The molecule has 0 N–H and O–H groups in total. The maximum atomic E-state index is 6.32. The fraction of sp³-hybridized carbons (Fsp3) is 0.667. The molecule has 1 aliphatic heterocycles. The van der Waals surface area contributed by atoms with Crippen molar-refractivity contribution in [3.8, 4) is 5.88 Å². The van der Waals surface area contributed by atoms with Crippen LogP contribution in [-0.4, -0.2) is 35.5 Å². The number of methoxy groups -OCH3 is 1. The second kappa shape index (κ2) is 5.08. The van der Waals surface area contributed by atoms with Gasteiger partial charge in [0.1, 0.15) is 12.1 Å². The molecule has 0 bridgehead atoms. The van der Waals surface area contributed by atoms with Crippen LogP contribution in [0.3, 0.4) is 0 Å². The second-order valence-electron chi connectivity index (χ2n) is 4.56. The van der Waals surface area contributed by atoms with Crippen LogP contribution in [0.2, 0.25) is 0 Å². The van der Waals surface area contributed by atoms with E-state index in [1.807, 2.05) is 6.92 Å². The van der Waals surface area contributed by atoms with Crippen LogP contribution in [0, 0.1) is 12.8 Å². The first-order chi connectivity index (χ1) is 8.13. The van der Waals surface area contributed by atoms with Crippen LogP contribution in [0.15, 0.2) is 6.33 Å². The van der Waals surface area contributed by atoms with E-state index in [-0.39, 0.29) is 5.38 Å². The fourth-order valence-electron chi connectivity index (χ4n) is 2.16. The van der Waals surface area contributed by atoms with Gasteiger partial charge in [-0.3, -0.25) is 0 Å². The molecule has 0 saturated carbocycles. The smallest absolute Gasteiger partial charge is 0.221 e. The molecule has 0 aliphatic carbocycles. The molecule has 2 rings (SSSR count). The SMILES string of the molecule is COc1ncnc(N2CCC(C)C(Cl)C2)c1C. The largest absolute Gasteiger partial charge is 0.481 e. The molecule has 1 aromatic rings. The molecule has 1 aromatic heterocycles. The van der Waals surface area contributed by atoms with Crippen LogP contribution >= 0.6 is 11.6 Å². The van der Waals surface area contributed by atoms with E-state index >= 15 is 0 Å². The topological polar surface area (TPSA) is 38.3 Å². The molecular weight excluding hydrogens is 238 g/mol. The Hall–Kier alpha value is -1.03. The first-order valence-electron chi connectivity index (χ1n) is 5.88. The summed E-state index contributed by atoms with van der Waals surface area (Å²) in [5, 5.41) is 0.184. The number of hydrogen-bond donors (Lipinski definition) is 0. The van der Waals surface area contributed by atoms with Crippen molar-refractivity contribution < 1.29 is 4.74 Å². The van der Waals surface area contributed by atoms with Crippen LogP contribution in [0.1, 0.15) is 18.9 Å². The van der Waals surface area contributed by atoms with Crippen LogP contribution in [0.5, 0.6) is 5.88 Å². The summed E-state index contributed by atoms with van der Waals surface area (Å²) in [7, 11) is 1.63. The maximum Gasteiger partial charge on any atom is 0.221 e. The number of ether oxygens (including phenoxy) is 1. The summed E-state index contributed by atoms with van der Waals surface area (Å²) in [4.78, 5) is 10.7. The zero-order valence-corrected chi connectivity index (χ0v) is 11.2. The lowest BCUT2D eigenvalue weighted by Gasteiger charge is -2.35. The van der Waals surface area contributed by atoms with Crippen molar-refractivity contribution >= 4 is 17.4 Å². The highest BCUT2D eigenvalue weighted by Crippen LogP contribution is 2.29. The first kappa shape index (κ1) is 12.4. The third-order valence-electron chi connectivity index (χ3n) is 3.37. The van der Waals surface area contributed by atoms with Crippen molar-refractivity contribution in [1.82, 2.24) is 9.97 Å². The quantitative estimate of drug-likeness (QED) is 0.760. The number of nitrogens with zero attached hydrogens (tertiary/aromatic N) is 3. The van der Waals surface area contributed by atoms with Crippen LogP contribution in [0.4, 0.5) is 5.82 Å². The van der Waals surface area contributed by atoms with Crippen LogP contribution in [-0.2, 0) is 0 Å². The molecule has 2 heterocycles. The summed E-state index contributed by atoms with van der Waals surface area (Å²) in [6.07, 6.45) is 2.64. The highest BCUT2D eigenvalue weighted by atomic mass is 35.5. The van der Waals surface area contributed by atoms with Crippen molar-refractivity contribution in [2.45, 2.75) is 25.6 Å². The molecule has 94 valence electrons. The molecule has 1 aliphatic rings. The van der Waals surface area contributed by atoms with Gasteiger partial charge < -0.3 is 9.64 Å². The summed E-state index contributed by atoms with van der Waals surface area (Å²) >= 11 is 6.32. The molecule has 0 spiro atoms. The van der Waals surface area contributed by atoms with Crippen LogP contribution in [0.25, 0.3) is 0 Å². The van der Waals surface area contributed by atoms with Gasteiger partial charge in [0.05, 0.1) is 18.1 Å². The Bertz CT molecular complexity index is 399. The van der Waals surface area contributed by atoms with Crippen molar-refractivity contribution in [2.24, 2.45) is 5.92 Å². The molecule has 5 heteroatoms. The Morgan fingerprint density at radius 1 is 1.47 bits per heavy atom. The predicted molar refractivity (Wildman–Crippen MR) is 69.0 cm³/mol. The number of alkyl halides is 1. The minimum atomic E-state index is 0.184. The molecule has 0 aromatic carbocycles. The fourth-order valence-corrected chi connectivity index (χ4v) is 2.46. The van der Waals surface area contributed by atoms with E-state index in [0.717, 1.165) is 30.9 Å². The molecule has 1 fully saturated rings. The lowest BCUT2D eigenvalue weighted by Crippen LogP contribution is -2.41. The average Bonchev–Trinajstić information content (AvgIpc) is 2.33. The predicted octanol–water partition coefficient (Wildman–Crippen LogP) is 2.25. The van der Waals surface area contributed by atoms with Gasteiger partial charge in [-0.05, 0) is 19.3 Å². The highest BCUT2D eigenvalue weighted by Gasteiger charge is 2.26. The number of hydrogen-bond acceptors (Lipinski definition) is 4. The monoisotopic (exact) mass is 255 g/mol. The minimum Gasteiger partial charge on any atom is -0.481 e. The Morgan fingerprint density at radius 3 is 2.88 bits per heavy atom. The molecular formula is C12H18ClN3O. The Kier molecular flexibility index (Phi) is 3.72. The van der Waals surface area contributed by atoms with Gasteiger partial charge in [0.15, 0.2) is 0 Å². The summed E-state index contributed by atoms with van der Waals surface area (Å²) < 4.78 is 5.21. The maximum absolute atomic E-state index is 6.32. The van der Waals surface area contributed by atoms with Gasteiger partial charge in [-0.1, -0.05) is 6.92 Å². The van der Waals surface area contributed by atoms with Gasteiger partial charge in [0.25, 0.3) is 0 Å². The number of halogens is 1. The summed E-state index contributed by atoms with van der Waals surface area (Å²) in [5.41, 5.74) is 0.980. The zero-order valence-electron chi connectivity index (χ0n) is 10.5. The summed E-state index contributed by atoms with van der Waals surface area (Å²) in [5.74, 6) is 2.14. The normalized spacial score (nSPS) is 24.8. The van der Waals surface area contributed by atoms with E-state index in [2.05, 4.69) is 21.8 Å². The highest BCUT2D eigenvalue weighted by molar-refractivity contribution is 6.21. The van der Waals surface area contributed by atoms with Crippen molar-refractivity contribution in [3.05, 3.63) is 11.9 Å². The van der Waals surface area contributed by atoms with E-state index in [4.69, 9.17) is 16.3 Å². The summed E-state index contributed by atoms with van der Waals surface area (Å²) in [6.45, 7) is 6.01. The number of piperidine rings is 1. The van der Waals surface area contributed by atoms with E-state index in [1.165, 1.54) is 0 Å². The Morgan fingerprint density at radius 2 is 2.24 bits per heavy atom. The van der Waals surface area contributed by atoms with Gasteiger partial charge in [-0.25, -0.2) is 9.97 Å². The number of anilines is 1. The van der Waals surface area contributed by atoms with Crippen LogP contribution < -0.4 is 9.64 Å². The summed E-state index contributed by atoms with van der Waals surface area (Å²) in [6, 6.07) is 0. The van der Waals surface area contributed by atoms with Gasteiger partial charge in [-0.15, -0.1) is 11.6 Å². The van der Waals surface area contributed by atoms with Crippen molar-refractivity contribution in [2.75, 3.05) is 25.1 Å². The van der Waals surface area contributed by atoms with Gasteiger partial charge >= 0.3 is 0 Å². The number of rotatable bonds is 2. The zero-order chi connectivity index (χ0) is 12.4. The average molecular weight is 256 g/mol. The molecule has 2 unspecified atom stereocenters. The van der Waals surface area contributed by atoms with Gasteiger partial charge in [0, 0.05) is 13.1 Å². The van der Waals surface area contributed by atoms with Crippen molar-refractivity contribution in [3.63, 3.8) is 0 Å². The van der Waals surface area contributed by atoms with E-state index in [9.17, 15) is 0 Å². The molecule has 1 saturated heterocycles. The molecule has 0 amide bonds. The van der Waals surface area contributed by atoms with E-state index in [0.29, 0.717) is 11.8 Å². The van der Waals surface area contributed by atoms with Gasteiger partial charge in [0.2, 0.25) is 5.88 Å². The molecule has 2 atom stereocenters.